The van der Waals surface area contributed by atoms with E-state index in [2.05, 4.69) is 59.5 Å². The molecule has 21 heavy (non-hydrogen) atoms. The fourth-order valence-electron chi connectivity index (χ4n) is 2.27. The zero-order chi connectivity index (χ0) is 14.9. The molecule has 0 atom stereocenters. The smallest absolute Gasteiger partial charge is 0.0416 e. The Labute approximate surface area is 128 Å². The molecule has 0 fully saturated rings. The van der Waals surface area contributed by atoms with E-state index in [9.17, 15) is 0 Å². The fourth-order valence-corrected chi connectivity index (χ4v) is 2.27. The van der Waals surface area contributed by atoms with Crippen LogP contribution in [0.2, 0.25) is 0 Å². The van der Waals surface area contributed by atoms with Crippen LogP contribution in [0, 0.1) is 0 Å². The summed E-state index contributed by atoms with van der Waals surface area (Å²) in [6.07, 6.45) is 2.86. The summed E-state index contributed by atoms with van der Waals surface area (Å²) >= 11 is 0. The van der Waals surface area contributed by atoms with Crippen LogP contribution >= 0.6 is 0 Å². The molecule has 0 aliphatic carbocycles. The van der Waals surface area contributed by atoms with Gasteiger partial charge in [0.15, 0.2) is 0 Å². The van der Waals surface area contributed by atoms with Crippen LogP contribution in [0.4, 0.5) is 0 Å². The van der Waals surface area contributed by atoms with Crippen molar-refractivity contribution in [2.45, 2.75) is 26.4 Å². The van der Waals surface area contributed by atoms with Crippen molar-refractivity contribution in [3.05, 3.63) is 65.5 Å². The first-order valence-corrected chi connectivity index (χ1v) is 7.65. The van der Waals surface area contributed by atoms with Gasteiger partial charge in [0.2, 0.25) is 0 Å². The van der Waals surface area contributed by atoms with Crippen LogP contribution in [-0.4, -0.2) is 30.0 Å². The first kappa shape index (κ1) is 15.7. The average molecular weight is 283 g/mol. The lowest BCUT2D eigenvalue weighted by molar-refractivity contribution is 0.330. The standard InChI is InChI=1S/C18H25N3/c1-3-19-14-16-7-9-17(10-8-16)15-21(2)13-11-18-6-4-5-12-20-18/h4-10,12,19H,3,11,13-15H2,1-2H3. The molecular weight excluding hydrogens is 258 g/mol. The third kappa shape index (κ3) is 5.66. The second-order valence-electron chi connectivity index (χ2n) is 5.41. The number of rotatable bonds is 8. The predicted octanol–water partition coefficient (Wildman–Crippen LogP) is 2.87. The van der Waals surface area contributed by atoms with Gasteiger partial charge in [0.05, 0.1) is 0 Å². The lowest BCUT2D eigenvalue weighted by Crippen LogP contribution is -2.21. The average Bonchev–Trinajstić information content (AvgIpc) is 2.53. The second kappa shape index (κ2) is 8.55. The number of nitrogens with zero attached hydrogens (tertiary/aromatic N) is 2. The van der Waals surface area contributed by atoms with E-state index >= 15 is 0 Å². The molecule has 112 valence electrons. The highest BCUT2D eigenvalue weighted by molar-refractivity contribution is 5.22. The van der Waals surface area contributed by atoms with Crippen LogP contribution in [0.25, 0.3) is 0 Å². The molecule has 3 heteroatoms. The van der Waals surface area contributed by atoms with E-state index in [-0.39, 0.29) is 0 Å². The summed E-state index contributed by atoms with van der Waals surface area (Å²) < 4.78 is 0. The highest BCUT2D eigenvalue weighted by Gasteiger charge is 2.02. The lowest BCUT2D eigenvalue weighted by atomic mass is 10.1. The third-order valence-electron chi connectivity index (χ3n) is 3.53. The molecule has 1 heterocycles. The number of likely N-dealkylation sites (N-methyl/N-ethyl adjacent to an activating group) is 1. The molecule has 1 N–H and O–H groups in total. The molecule has 3 nitrogen and oxygen atoms in total. The van der Waals surface area contributed by atoms with Gasteiger partial charge in [-0.2, -0.15) is 0 Å². The molecule has 0 amide bonds. The van der Waals surface area contributed by atoms with Crippen LogP contribution in [0.5, 0.6) is 0 Å². The molecule has 1 aromatic heterocycles. The maximum Gasteiger partial charge on any atom is 0.0416 e. The molecule has 0 unspecified atom stereocenters. The minimum Gasteiger partial charge on any atom is -0.313 e. The van der Waals surface area contributed by atoms with Crippen molar-refractivity contribution in [2.24, 2.45) is 0 Å². The molecule has 0 aliphatic heterocycles. The first-order valence-electron chi connectivity index (χ1n) is 7.65. The van der Waals surface area contributed by atoms with Gasteiger partial charge in [0.1, 0.15) is 0 Å². The lowest BCUT2D eigenvalue weighted by Gasteiger charge is -2.16. The molecule has 0 aliphatic rings. The zero-order valence-corrected chi connectivity index (χ0v) is 13.0. The molecule has 0 saturated heterocycles. The zero-order valence-electron chi connectivity index (χ0n) is 13.0. The van der Waals surface area contributed by atoms with Gasteiger partial charge in [0, 0.05) is 37.9 Å². The summed E-state index contributed by atoms with van der Waals surface area (Å²) in [6.45, 7) is 6.10. The van der Waals surface area contributed by atoms with E-state index in [1.54, 1.807) is 0 Å². The van der Waals surface area contributed by atoms with Gasteiger partial charge in [-0.1, -0.05) is 37.3 Å². The quantitative estimate of drug-likeness (QED) is 0.807. The Balaban J connectivity index is 1.78. The molecule has 2 aromatic rings. The van der Waals surface area contributed by atoms with E-state index in [1.807, 2.05) is 18.3 Å². The van der Waals surface area contributed by atoms with Crippen molar-refractivity contribution in [2.75, 3.05) is 20.1 Å². The summed E-state index contributed by atoms with van der Waals surface area (Å²) in [5.41, 5.74) is 3.86. The molecular formula is C18H25N3. The Hall–Kier alpha value is -1.71. The monoisotopic (exact) mass is 283 g/mol. The minimum atomic E-state index is 0.951. The Morgan fingerprint density at radius 3 is 2.48 bits per heavy atom. The van der Waals surface area contributed by atoms with Crippen molar-refractivity contribution in [3.63, 3.8) is 0 Å². The van der Waals surface area contributed by atoms with Crippen molar-refractivity contribution in [3.8, 4) is 0 Å². The normalized spacial score (nSPS) is 11.0. The van der Waals surface area contributed by atoms with Crippen LogP contribution in [0.1, 0.15) is 23.7 Å². The largest absolute Gasteiger partial charge is 0.313 e. The number of nitrogens with one attached hydrogen (secondary N) is 1. The van der Waals surface area contributed by atoms with E-state index in [4.69, 9.17) is 0 Å². The molecule has 0 spiro atoms. The van der Waals surface area contributed by atoms with E-state index in [0.717, 1.165) is 38.3 Å². The number of benzene rings is 1. The molecule has 1 aromatic carbocycles. The van der Waals surface area contributed by atoms with E-state index in [1.165, 1.54) is 11.1 Å². The van der Waals surface area contributed by atoms with Gasteiger partial charge >= 0.3 is 0 Å². The Kier molecular flexibility index (Phi) is 6.38. The van der Waals surface area contributed by atoms with Crippen LogP contribution in [0.3, 0.4) is 0 Å². The van der Waals surface area contributed by atoms with Crippen molar-refractivity contribution >= 4 is 0 Å². The SMILES string of the molecule is CCNCc1ccc(CN(C)CCc2ccccn2)cc1. The summed E-state index contributed by atoms with van der Waals surface area (Å²) in [4.78, 5) is 6.71. The van der Waals surface area contributed by atoms with Crippen molar-refractivity contribution < 1.29 is 0 Å². The van der Waals surface area contributed by atoms with Gasteiger partial charge in [-0.3, -0.25) is 4.98 Å². The van der Waals surface area contributed by atoms with E-state index < -0.39 is 0 Å². The number of hydrogen-bond acceptors (Lipinski definition) is 3. The van der Waals surface area contributed by atoms with Gasteiger partial charge in [0.25, 0.3) is 0 Å². The van der Waals surface area contributed by atoms with Gasteiger partial charge in [-0.05, 0) is 36.9 Å². The fraction of sp³-hybridized carbons (Fsp3) is 0.389. The highest BCUT2D eigenvalue weighted by atomic mass is 15.1. The van der Waals surface area contributed by atoms with E-state index in [0.29, 0.717) is 0 Å². The Morgan fingerprint density at radius 2 is 1.81 bits per heavy atom. The number of aromatic nitrogens is 1. The number of hydrogen-bond donors (Lipinski definition) is 1. The maximum atomic E-state index is 4.36. The van der Waals surface area contributed by atoms with Crippen LogP contribution in [0.15, 0.2) is 48.7 Å². The molecule has 0 bridgehead atoms. The molecule has 2 rings (SSSR count). The predicted molar refractivity (Wildman–Crippen MR) is 88.1 cm³/mol. The second-order valence-corrected chi connectivity index (χ2v) is 5.41. The van der Waals surface area contributed by atoms with Gasteiger partial charge < -0.3 is 10.2 Å². The third-order valence-corrected chi connectivity index (χ3v) is 3.53. The summed E-state index contributed by atoms with van der Waals surface area (Å²) in [7, 11) is 2.16. The number of pyridine rings is 1. The maximum absolute atomic E-state index is 4.36. The summed E-state index contributed by atoms with van der Waals surface area (Å²) in [5.74, 6) is 0. The Bertz CT molecular complexity index is 508. The Morgan fingerprint density at radius 1 is 1.05 bits per heavy atom. The van der Waals surface area contributed by atoms with Crippen molar-refractivity contribution in [1.82, 2.24) is 15.2 Å². The van der Waals surface area contributed by atoms with Gasteiger partial charge in [-0.15, -0.1) is 0 Å². The van der Waals surface area contributed by atoms with Gasteiger partial charge in [-0.25, -0.2) is 0 Å². The van der Waals surface area contributed by atoms with Crippen LogP contribution < -0.4 is 5.32 Å². The molecule has 0 radical (unpaired) electrons. The first-order chi connectivity index (χ1) is 10.3. The minimum absolute atomic E-state index is 0.951. The summed E-state index contributed by atoms with van der Waals surface area (Å²) in [5, 5.41) is 3.35. The molecule has 0 saturated carbocycles. The van der Waals surface area contributed by atoms with Crippen molar-refractivity contribution in [1.29, 1.82) is 0 Å². The summed E-state index contributed by atoms with van der Waals surface area (Å²) in [6, 6.07) is 15.0. The van der Waals surface area contributed by atoms with Crippen LogP contribution in [-0.2, 0) is 19.5 Å². The topological polar surface area (TPSA) is 28.2 Å². The highest BCUT2D eigenvalue weighted by Crippen LogP contribution is 2.07.